The average Bonchev–Trinajstić information content (AvgIpc) is 2.49. The summed E-state index contributed by atoms with van der Waals surface area (Å²) >= 11 is 1.43. The van der Waals surface area contributed by atoms with E-state index in [0.29, 0.717) is 5.41 Å². The van der Waals surface area contributed by atoms with E-state index in [1.54, 1.807) is 6.33 Å². The van der Waals surface area contributed by atoms with Gasteiger partial charge in [0.25, 0.3) is 0 Å². The number of nitrogens with one attached hydrogen (secondary N) is 1. The Bertz CT molecular complexity index is 241. The molecule has 1 aromatic rings. The lowest BCUT2D eigenvalue weighted by Crippen LogP contribution is -2.33. The van der Waals surface area contributed by atoms with Gasteiger partial charge in [0, 0.05) is 18.1 Å². The molecule has 0 radical (unpaired) electrons. The van der Waals surface area contributed by atoms with Crippen LogP contribution in [0.4, 0.5) is 5.13 Å². The highest BCUT2D eigenvalue weighted by atomic mass is 32.1. The Morgan fingerprint density at radius 3 is 3.00 bits per heavy atom. The second kappa shape index (κ2) is 3.01. The number of hydrogen-bond acceptors (Lipinski definition) is 4. The minimum atomic E-state index is 0.520. The summed E-state index contributed by atoms with van der Waals surface area (Å²) in [6, 6.07) is 0. The van der Waals surface area contributed by atoms with Crippen molar-refractivity contribution in [1.29, 1.82) is 0 Å². The first-order valence-corrected chi connectivity index (χ1v) is 5.06. The van der Waals surface area contributed by atoms with Gasteiger partial charge < -0.3 is 5.32 Å². The van der Waals surface area contributed by atoms with Crippen LogP contribution in [-0.4, -0.2) is 15.9 Å². The summed E-state index contributed by atoms with van der Waals surface area (Å²) in [5.74, 6) is 0. The predicted molar refractivity (Wildman–Crippen MR) is 50.4 cm³/mol. The van der Waals surface area contributed by atoms with Crippen LogP contribution in [0.1, 0.15) is 26.2 Å². The highest BCUT2D eigenvalue weighted by Gasteiger charge is 2.31. The molecule has 66 valence electrons. The zero-order valence-electron chi connectivity index (χ0n) is 7.21. The fourth-order valence-corrected chi connectivity index (χ4v) is 1.92. The van der Waals surface area contributed by atoms with Crippen LogP contribution >= 0.6 is 11.5 Å². The smallest absolute Gasteiger partial charge is 0.202 e. The van der Waals surface area contributed by atoms with Crippen LogP contribution in [0.15, 0.2) is 6.33 Å². The molecule has 1 aliphatic rings. The first-order chi connectivity index (χ1) is 5.79. The fraction of sp³-hybridized carbons (Fsp3) is 0.750. The van der Waals surface area contributed by atoms with E-state index >= 15 is 0 Å². The Kier molecular flexibility index (Phi) is 2.00. The lowest BCUT2D eigenvalue weighted by atomic mass is 9.70. The molecule has 1 saturated carbocycles. The van der Waals surface area contributed by atoms with E-state index in [9.17, 15) is 0 Å². The van der Waals surface area contributed by atoms with Gasteiger partial charge in [-0.05, 0) is 18.3 Å². The number of anilines is 1. The Labute approximate surface area is 76.4 Å². The van der Waals surface area contributed by atoms with Gasteiger partial charge in [-0.2, -0.15) is 4.37 Å². The Hall–Kier alpha value is -0.640. The van der Waals surface area contributed by atoms with Crippen molar-refractivity contribution in [3.05, 3.63) is 6.33 Å². The van der Waals surface area contributed by atoms with E-state index in [4.69, 9.17) is 0 Å². The topological polar surface area (TPSA) is 37.8 Å². The molecule has 0 bridgehead atoms. The molecule has 0 atom stereocenters. The highest BCUT2D eigenvalue weighted by molar-refractivity contribution is 7.09. The summed E-state index contributed by atoms with van der Waals surface area (Å²) in [6.45, 7) is 3.37. The summed E-state index contributed by atoms with van der Waals surface area (Å²) < 4.78 is 3.93. The van der Waals surface area contributed by atoms with Crippen molar-refractivity contribution in [2.45, 2.75) is 26.2 Å². The van der Waals surface area contributed by atoms with Crippen LogP contribution < -0.4 is 5.32 Å². The van der Waals surface area contributed by atoms with Gasteiger partial charge in [-0.25, -0.2) is 4.98 Å². The predicted octanol–water partition coefficient (Wildman–Crippen LogP) is 2.14. The van der Waals surface area contributed by atoms with Gasteiger partial charge in [-0.3, -0.25) is 0 Å². The molecule has 0 spiro atoms. The van der Waals surface area contributed by atoms with Gasteiger partial charge in [-0.15, -0.1) is 0 Å². The maximum Gasteiger partial charge on any atom is 0.202 e. The average molecular weight is 183 g/mol. The second-order valence-corrected chi connectivity index (χ2v) is 4.54. The summed E-state index contributed by atoms with van der Waals surface area (Å²) in [5.41, 5.74) is 0.520. The normalized spacial score (nSPS) is 20.1. The monoisotopic (exact) mass is 183 g/mol. The molecule has 1 fully saturated rings. The van der Waals surface area contributed by atoms with E-state index in [0.717, 1.165) is 11.7 Å². The van der Waals surface area contributed by atoms with Gasteiger partial charge in [-0.1, -0.05) is 13.3 Å². The number of rotatable bonds is 3. The molecule has 0 aliphatic heterocycles. The lowest BCUT2D eigenvalue weighted by Gasteiger charge is -2.38. The molecule has 1 aromatic heterocycles. The van der Waals surface area contributed by atoms with Crippen molar-refractivity contribution in [3.63, 3.8) is 0 Å². The third-order valence-corrected chi connectivity index (χ3v) is 3.21. The van der Waals surface area contributed by atoms with Crippen LogP contribution in [0.5, 0.6) is 0 Å². The molecular weight excluding hydrogens is 170 g/mol. The first kappa shape index (κ1) is 7.98. The van der Waals surface area contributed by atoms with Crippen LogP contribution in [0, 0.1) is 5.41 Å². The molecule has 12 heavy (non-hydrogen) atoms. The lowest BCUT2D eigenvalue weighted by molar-refractivity contribution is 0.180. The standard InChI is InChI=1S/C8H13N3S/c1-8(3-2-4-8)5-9-7-10-6-11-12-7/h6H,2-5H2,1H3,(H,9,10,11). The molecule has 1 heterocycles. The number of hydrogen-bond donors (Lipinski definition) is 1. The maximum absolute atomic E-state index is 4.07. The van der Waals surface area contributed by atoms with Gasteiger partial charge in [0.15, 0.2) is 0 Å². The Morgan fingerprint density at radius 1 is 1.67 bits per heavy atom. The third kappa shape index (κ3) is 1.58. The molecular formula is C8H13N3S. The Morgan fingerprint density at radius 2 is 2.50 bits per heavy atom. The molecule has 1 aliphatic carbocycles. The van der Waals surface area contributed by atoms with Gasteiger partial charge in [0.2, 0.25) is 5.13 Å². The molecule has 0 unspecified atom stereocenters. The van der Waals surface area contributed by atoms with E-state index in [1.165, 1.54) is 30.8 Å². The van der Waals surface area contributed by atoms with Crippen LogP contribution in [0.25, 0.3) is 0 Å². The molecule has 1 N–H and O–H groups in total. The fourth-order valence-electron chi connectivity index (χ4n) is 1.50. The van der Waals surface area contributed by atoms with Gasteiger partial charge in [0.05, 0.1) is 0 Å². The highest BCUT2D eigenvalue weighted by Crippen LogP contribution is 2.40. The van der Waals surface area contributed by atoms with Crippen molar-refractivity contribution in [2.24, 2.45) is 5.41 Å². The molecule has 4 heteroatoms. The maximum atomic E-state index is 4.07. The van der Waals surface area contributed by atoms with E-state index < -0.39 is 0 Å². The summed E-state index contributed by atoms with van der Waals surface area (Å²) in [5, 5.41) is 4.26. The minimum Gasteiger partial charge on any atom is -0.360 e. The molecule has 0 aromatic carbocycles. The van der Waals surface area contributed by atoms with Crippen molar-refractivity contribution >= 4 is 16.7 Å². The van der Waals surface area contributed by atoms with Gasteiger partial charge >= 0.3 is 0 Å². The van der Waals surface area contributed by atoms with Crippen molar-refractivity contribution < 1.29 is 0 Å². The van der Waals surface area contributed by atoms with Crippen LogP contribution in [0.2, 0.25) is 0 Å². The molecule has 2 rings (SSSR count). The minimum absolute atomic E-state index is 0.520. The quantitative estimate of drug-likeness (QED) is 0.780. The molecule has 0 saturated heterocycles. The summed E-state index contributed by atoms with van der Waals surface area (Å²) in [6.07, 6.45) is 5.67. The third-order valence-electron chi connectivity index (χ3n) is 2.59. The molecule has 0 amide bonds. The number of nitrogens with zero attached hydrogens (tertiary/aromatic N) is 2. The van der Waals surface area contributed by atoms with Crippen molar-refractivity contribution in [3.8, 4) is 0 Å². The summed E-state index contributed by atoms with van der Waals surface area (Å²) in [4.78, 5) is 4.07. The van der Waals surface area contributed by atoms with E-state index in [-0.39, 0.29) is 0 Å². The molecule has 3 nitrogen and oxygen atoms in total. The van der Waals surface area contributed by atoms with Crippen LogP contribution in [-0.2, 0) is 0 Å². The summed E-state index contributed by atoms with van der Waals surface area (Å²) in [7, 11) is 0. The second-order valence-electron chi connectivity index (χ2n) is 3.76. The van der Waals surface area contributed by atoms with Gasteiger partial charge in [0.1, 0.15) is 6.33 Å². The number of aromatic nitrogens is 2. The zero-order valence-corrected chi connectivity index (χ0v) is 8.02. The van der Waals surface area contributed by atoms with E-state index in [2.05, 4.69) is 21.6 Å². The first-order valence-electron chi connectivity index (χ1n) is 4.29. The zero-order chi connectivity index (χ0) is 8.44. The van der Waals surface area contributed by atoms with Crippen LogP contribution in [0.3, 0.4) is 0 Å². The van der Waals surface area contributed by atoms with E-state index in [1.807, 2.05) is 0 Å². The largest absolute Gasteiger partial charge is 0.360 e. The van der Waals surface area contributed by atoms with Crippen molar-refractivity contribution in [1.82, 2.24) is 9.36 Å². The SMILES string of the molecule is CC1(CNc2ncns2)CCC1. The van der Waals surface area contributed by atoms with Crippen molar-refractivity contribution in [2.75, 3.05) is 11.9 Å². The Balaban J connectivity index is 1.82.